The number of nitrogens with two attached hydrogens (primary N) is 1. The van der Waals surface area contributed by atoms with E-state index >= 15 is 0 Å². The Morgan fingerprint density at radius 2 is 2.04 bits per heavy atom. The predicted molar refractivity (Wildman–Crippen MR) is 95.5 cm³/mol. The number of aliphatic hydroxyl groups is 1. The van der Waals surface area contributed by atoms with Crippen molar-refractivity contribution >= 4 is 23.2 Å². The first-order valence-electron chi connectivity index (χ1n) is 7.77. The Morgan fingerprint density at radius 3 is 2.64 bits per heavy atom. The average molecular weight is 346 g/mol. The average Bonchev–Trinajstić information content (AvgIpc) is 2.65. The summed E-state index contributed by atoms with van der Waals surface area (Å²) in [7, 11) is 1.56. The summed E-state index contributed by atoms with van der Waals surface area (Å²) in [6.07, 6.45) is 1.34. The molecule has 0 aliphatic carbocycles. The van der Waals surface area contributed by atoms with Crippen molar-refractivity contribution in [1.29, 1.82) is 0 Å². The number of nitrogens with zero attached hydrogens (tertiary/aromatic N) is 3. The number of nitrogen functional groups attached to an aromatic ring is 1. The number of likely N-dealkylation sites (N-methyl/N-ethyl adjacent to an activating group) is 1. The van der Waals surface area contributed by atoms with Crippen LogP contribution in [0.1, 0.15) is 17.3 Å². The molecule has 25 heavy (non-hydrogen) atoms. The Kier molecular flexibility index (Phi) is 6.35. The van der Waals surface area contributed by atoms with E-state index in [1.807, 2.05) is 11.8 Å². The zero-order valence-electron chi connectivity index (χ0n) is 14.2. The topological polar surface area (TPSA) is 126 Å². The van der Waals surface area contributed by atoms with Crippen LogP contribution in [-0.2, 0) is 0 Å². The summed E-state index contributed by atoms with van der Waals surface area (Å²) in [5.74, 6) is 1.10. The van der Waals surface area contributed by atoms with E-state index in [2.05, 4.69) is 20.8 Å². The molecule has 0 aliphatic rings. The van der Waals surface area contributed by atoms with Gasteiger partial charge in [0.05, 0.1) is 13.7 Å². The molecule has 0 radical (unpaired) electrons. The summed E-state index contributed by atoms with van der Waals surface area (Å²) in [6, 6.07) is 6.68. The molecule has 9 heteroatoms. The van der Waals surface area contributed by atoms with Crippen LogP contribution in [-0.4, -0.2) is 47.8 Å². The van der Waals surface area contributed by atoms with Gasteiger partial charge in [0, 0.05) is 18.7 Å². The fourth-order valence-electron chi connectivity index (χ4n) is 2.20. The maximum Gasteiger partial charge on any atom is 0.269 e. The number of anilines is 3. The van der Waals surface area contributed by atoms with Crippen LogP contribution in [0, 0.1) is 0 Å². The summed E-state index contributed by atoms with van der Waals surface area (Å²) in [5.41, 5.74) is 12.1. The largest absolute Gasteiger partial charge is 0.497 e. The quantitative estimate of drug-likeness (QED) is 0.513. The molecule has 2 aromatic rings. The summed E-state index contributed by atoms with van der Waals surface area (Å²) >= 11 is 0. The summed E-state index contributed by atoms with van der Waals surface area (Å²) < 4.78 is 5.06. The number of aromatic nitrogens is 2. The van der Waals surface area contributed by atoms with E-state index in [1.54, 1.807) is 31.4 Å². The highest BCUT2D eigenvalue weighted by Crippen LogP contribution is 2.25. The van der Waals surface area contributed by atoms with Gasteiger partial charge in [0.1, 0.15) is 17.8 Å². The van der Waals surface area contributed by atoms with Gasteiger partial charge in [0.25, 0.3) is 5.91 Å². The lowest BCUT2D eigenvalue weighted by molar-refractivity contribution is 0.0962. The fourth-order valence-corrected chi connectivity index (χ4v) is 2.20. The number of carbonyl (C=O) groups is 1. The number of amides is 1. The molecular formula is C16H22N6O3. The van der Waals surface area contributed by atoms with E-state index in [0.29, 0.717) is 30.2 Å². The van der Waals surface area contributed by atoms with Gasteiger partial charge in [0.2, 0.25) is 0 Å². The standard InChI is InChI=1S/C16H22N6O3/c1-3-22(8-9-23)15-13(17)14(18-10-19-15)20-21-16(24)11-4-6-12(25-2)7-5-11/h4-7,10,23H,3,8-9,17H2,1-2H3,(H,21,24)(H,18,19,20). The zero-order chi connectivity index (χ0) is 18.2. The van der Waals surface area contributed by atoms with E-state index in [4.69, 9.17) is 15.6 Å². The molecule has 1 aromatic carbocycles. The zero-order valence-corrected chi connectivity index (χ0v) is 14.2. The third-order valence-corrected chi connectivity index (χ3v) is 3.56. The second kappa shape index (κ2) is 8.69. The second-order valence-corrected chi connectivity index (χ2v) is 5.07. The first-order valence-corrected chi connectivity index (χ1v) is 7.77. The van der Waals surface area contributed by atoms with Crippen molar-refractivity contribution in [3.05, 3.63) is 36.2 Å². The first-order chi connectivity index (χ1) is 12.1. The van der Waals surface area contributed by atoms with Crippen LogP contribution >= 0.6 is 0 Å². The van der Waals surface area contributed by atoms with E-state index in [1.165, 1.54) is 6.33 Å². The first kappa shape index (κ1) is 18.3. The molecule has 5 N–H and O–H groups in total. The van der Waals surface area contributed by atoms with Crippen LogP contribution in [0.25, 0.3) is 0 Å². The maximum atomic E-state index is 12.2. The Morgan fingerprint density at radius 1 is 1.32 bits per heavy atom. The van der Waals surface area contributed by atoms with Gasteiger partial charge < -0.3 is 20.5 Å². The number of rotatable bonds is 8. The number of hydrogen-bond donors (Lipinski definition) is 4. The van der Waals surface area contributed by atoms with Crippen LogP contribution in [0.2, 0.25) is 0 Å². The van der Waals surface area contributed by atoms with Crippen molar-refractivity contribution in [1.82, 2.24) is 15.4 Å². The molecule has 0 spiro atoms. The van der Waals surface area contributed by atoms with Gasteiger partial charge >= 0.3 is 0 Å². The van der Waals surface area contributed by atoms with Gasteiger partial charge in [-0.05, 0) is 31.2 Å². The molecule has 0 atom stereocenters. The van der Waals surface area contributed by atoms with E-state index in [9.17, 15) is 4.79 Å². The minimum atomic E-state index is -0.343. The second-order valence-electron chi connectivity index (χ2n) is 5.07. The number of hydrogen-bond acceptors (Lipinski definition) is 8. The molecular weight excluding hydrogens is 324 g/mol. The van der Waals surface area contributed by atoms with E-state index < -0.39 is 0 Å². The molecule has 9 nitrogen and oxygen atoms in total. The number of nitrogens with one attached hydrogen (secondary N) is 2. The molecule has 0 bridgehead atoms. The molecule has 1 heterocycles. The van der Waals surface area contributed by atoms with Gasteiger partial charge in [-0.1, -0.05) is 0 Å². The Bertz CT molecular complexity index is 708. The lowest BCUT2D eigenvalue weighted by Crippen LogP contribution is -2.32. The van der Waals surface area contributed by atoms with Gasteiger partial charge in [0.15, 0.2) is 11.6 Å². The highest BCUT2D eigenvalue weighted by Gasteiger charge is 2.14. The molecule has 1 aromatic heterocycles. The Balaban J connectivity index is 2.08. The third kappa shape index (κ3) is 4.48. The third-order valence-electron chi connectivity index (χ3n) is 3.56. The van der Waals surface area contributed by atoms with Crippen LogP contribution in [0.5, 0.6) is 5.75 Å². The number of ether oxygens (including phenoxy) is 1. The normalized spacial score (nSPS) is 10.2. The monoisotopic (exact) mass is 346 g/mol. The molecule has 0 saturated heterocycles. The summed E-state index contributed by atoms with van der Waals surface area (Å²) in [5, 5.41) is 9.12. The maximum absolute atomic E-state index is 12.2. The van der Waals surface area contributed by atoms with Crippen molar-refractivity contribution in [2.45, 2.75) is 6.92 Å². The molecule has 0 aliphatic heterocycles. The molecule has 0 saturated carbocycles. The minimum Gasteiger partial charge on any atom is -0.497 e. The summed E-state index contributed by atoms with van der Waals surface area (Å²) in [6.45, 7) is 2.93. The lowest BCUT2D eigenvalue weighted by atomic mass is 10.2. The van der Waals surface area contributed by atoms with Gasteiger partial charge in [-0.25, -0.2) is 9.97 Å². The number of carbonyl (C=O) groups excluding carboxylic acids is 1. The Hall–Kier alpha value is -3.07. The molecule has 0 unspecified atom stereocenters. The minimum absolute atomic E-state index is 0.0196. The SMILES string of the molecule is CCN(CCO)c1ncnc(NNC(=O)c2ccc(OC)cc2)c1N. The number of hydrazine groups is 1. The van der Waals surface area contributed by atoms with Crippen LogP contribution < -0.4 is 26.2 Å². The molecule has 1 amide bonds. The molecule has 0 fully saturated rings. The highest BCUT2D eigenvalue weighted by atomic mass is 16.5. The fraction of sp³-hybridized carbons (Fsp3) is 0.312. The van der Waals surface area contributed by atoms with Crippen molar-refractivity contribution in [2.75, 3.05) is 42.9 Å². The highest BCUT2D eigenvalue weighted by molar-refractivity contribution is 5.95. The lowest BCUT2D eigenvalue weighted by Gasteiger charge is -2.23. The predicted octanol–water partition coefficient (Wildman–Crippen LogP) is 0.643. The number of benzene rings is 1. The van der Waals surface area contributed by atoms with Gasteiger partial charge in [-0.15, -0.1) is 0 Å². The van der Waals surface area contributed by atoms with Gasteiger partial charge in [-0.3, -0.25) is 15.6 Å². The van der Waals surface area contributed by atoms with Crippen LogP contribution in [0.3, 0.4) is 0 Å². The van der Waals surface area contributed by atoms with Crippen molar-refractivity contribution in [3.63, 3.8) is 0 Å². The van der Waals surface area contributed by atoms with Crippen molar-refractivity contribution in [3.8, 4) is 5.75 Å². The van der Waals surface area contributed by atoms with Gasteiger partial charge in [-0.2, -0.15) is 0 Å². The molecule has 2 rings (SSSR count). The number of aliphatic hydroxyl groups excluding tert-OH is 1. The van der Waals surface area contributed by atoms with Crippen molar-refractivity contribution < 1.29 is 14.6 Å². The smallest absolute Gasteiger partial charge is 0.269 e. The Labute approximate surface area is 145 Å². The summed E-state index contributed by atoms with van der Waals surface area (Å²) in [4.78, 5) is 22.2. The number of methoxy groups -OCH3 is 1. The van der Waals surface area contributed by atoms with Crippen LogP contribution in [0.15, 0.2) is 30.6 Å². The molecule has 134 valence electrons. The van der Waals surface area contributed by atoms with Crippen molar-refractivity contribution in [2.24, 2.45) is 0 Å². The van der Waals surface area contributed by atoms with E-state index in [0.717, 1.165) is 0 Å². The van der Waals surface area contributed by atoms with E-state index in [-0.39, 0.29) is 24.0 Å². The van der Waals surface area contributed by atoms with Crippen LogP contribution in [0.4, 0.5) is 17.3 Å².